The zero-order valence-corrected chi connectivity index (χ0v) is 15.9. The first kappa shape index (κ1) is 20.3. The van der Waals surface area contributed by atoms with Crippen LogP contribution < -0.4 is 19.5 Å². The lowest BCUT2D eigenvalue weighted by atomic mass is 10.2. The Bertz CT molecular complexity index is 691. The number of ether oxygens (including phenoxy) is 4. The molecule has 1 aromatic carbocycles. The van der Waals surface area contributed by atoms with Crippen LogP contribution in [0.3, 0.4) is 0 Å². The summed E-state index contributed by atoms with van der Waals surface area (Å²) in [6.45, 7) is -0.570. The maximum atomic E-state index is 12.3. The molecule has 0 spiro atoms. The topological polar surface area (TPSA) is 103 Å². The van der Waals surface area contributed by atoms with E-state index in [9.17, 15) is 14.4 Å². The maximum absolute atomic E-state index is 12.3. The number of nitrogens with zero attached hydrogens (tertiary/aromatic N) is 1. The zero-order valence-electron chi connectivity index (χ0n) is 15.9. The van der Waals surface area contributed by atoms with Crippen LogP contribution in [0.5, 0.6) is 17.2 Å². The number of nitrogens with one attached hydrogen (secondary N) is 1. The summed E-state index contributed by atoms with van der Waals surface area (Å²) in [7, 11) is 5.78. The molecule has 1 aromatic rings. The largest absolute Gasteiger partial charge is 0.493 e. The van der Waals surface area contributed by atoms with E-state index >= 15 is 0 Å². The van der Waals surface area contributed by atoms with Gasteiger partial charge in [-0.3, -0.25) is 9.59 Å². The summed E-state index contributed by atoms with van der Waals surface area (Å²) in [4.78, 5) is 37.2. The molecule has 0 radical (unpaired) electrons. The van der Waals surface area contributed by atoms with Crippen molar-refractivity contribution in [2.45, 2.75) is 18.9 Å². The van der Waals surface area contributed by atoms with E-state index < -0.39 is 18.5 Å². The zero-order chi connectivity index (χ0) is 20.0. The van der Waals surface area contributed by atoms with Crippen molar-refractivity contribution >= 4 is 17.8 Å². The van der Waals surface area contributed by atoms with Crippen molar-refractivity contribution in [3.63, 3.8) is 0 Å². The molecule has 1 aliphatic carbocycles. The molecule has 0 heterocycles. The fraction of sp³-hybridized carbons (Fsp3) is 0.500. The highest BCUT2D eigenvalue weighted by molar-refractivity contribution is 5.93. The van der Waals surface area contributed by atoms with Gasteiger partial charge in [-0.2, -0.15) is 0 Å². The van der Waals surface area contributed by atoms with Gasteiger partial charge in [0.25, 0.3) is 5.91 Å². The van der Waals surface area contributed by atoms with Crippen LogP contribution >= 0.6 is 0 Å². The molecule has 0 saturated heterocycles. The van der Waals surface area contributed by atoms with Crippen LogP contribution in [0.4, 0.5) is 0 Å². The van der Waals surface area contributed by atoms with Crippen molar-refractivity contribution in [3.05, 3.63) is 17.7 Å². The molecule has 1 N–H and O–H groups in total. The van der Waals surface area contributed by atoms with Crippen LogP contribution in [-0.2, 0) is 14.3 Å². The molecule has 9 nitrogen and oxygen atoms in total. The van der Waals surface area contributed by atoms with Gasteiger partial charge >= 0.3 is 5.97 Å². The van der Waals surface area contributed by atoms with Gasteiger partial charge in [-0.15, -0.1) is 0 Å². The van der Waals surface area contributed by atoms with Crippen LogP contribution in [-0.4, -0.2) is 70.3 Å². The number of rotatable bonds is 9. The van der Waals surface area contributed by atoms with Gasteiger partial charge in [0.15, 0.2) is 18.1 Å². The Morgan fingerprint density at radius 3 is 2.15 bits per heavy atom. The van der Waals surface area contributed by atoms with E-state index in [0.717, 1.165) is 12.8 Å². The molecular weight excluding hydrogens is 356 g/mol. The number of hydrogen-bond acceptors (Lipinski definition) is 7. The quantitative estimate of drug-likeness (QED) is 0.626. The second-order valence-corrected chi connectivity index (χ2v) is 6.08. The first-order valence-corrected chi connectivity index (χ1v) is 8.40. The smallest absolute Gasteiger partial charge is 0.338 e. The van der Waals surface area contributed by atoms with Gasteiger partial charge in [0.1, 0.15) is 0 Å². The molecule has 0 unspecified atom stereocenters. The Hall–Kier alpha value is -2.97. The van der Waals surface area contributed by atoms with Gasteiger partial charge in [-0.1, -0.05) is 0 Å². The average Bonchev–Trinajstić information content (AvgIpc) is 3.47. The van der Waals surface area contributed by atoms with E-state index in [1.807, 2.05) is 0 Å². The molecule has 1 saturated carbocycles. The third-order valence-electron chi connectivity index (χ3n) is 3.98. The average molecular weight is 380 g/mol. The SMILES string of the molecule is COc1cc(C(=O)OCC(=O)N(C)CC(=O)NC2CC2)cc(OC)c1OC. The summed E-state index contributed by atoms with van der Waals surface area (Å²) in [5.41, 5.74) is 0.145. The Morgan fingerprint density at radius 1 is 1.07 bits per heavy atom. The second kappa shape index (κ2) is 9.11. The first-order valence-electron chi connectivity index (χ1n) is 8.40. The lowest BCUT2D eigenvalue weighted by molar-refractivity contribution is -0.137. The summed E-state index contributed by atoms with van der Waals surface area (Å²) < 4.78 is 20.6. The first-order chi connectivity index (χ1) is 12.9. The van der Waals surface area contributed by atoms with E-state index in [-0.39, 0.29) is 24.1 Å². The predicted molar refractivity (Wildman–Crippen MR) is 95.2 cm³/mol. The molecule has 0 aliphatic heterocycles. The number of amides is 2. The highest BCUT2D eigenvalue weighted by Gasteiger charge is 2.25. The lowest BCUT2D eigenvalue weighted by Crippen LogP contribution is -2.40. The fourth-order valence-electron chi connectivity index (χ4n) is 2.32. The van der Waals surface area contributed by atoms with Crippen LogP contribution in [0.2, 0.25) is 0 Å². The molecule has 0 atom stereocenters. The monoisotopic (exact) mass is 380 g/mol. The van der Waals surface area contributed by atoms with Crippen molar-refractivity contribution in [3.8, 4) is 17.2 Å². The Kier molecular flexibility index (Phi) is 6.86. The van der Waals surface area contributed by atoms with Gasteiger partial charge < -0.3 is 29.2 Å². The summed E-state index contributed by atoms with van der Waals surface area (Å²) in [5, 5.41) is 2.79. The molecule has 27 heavy (non-hydrogen) atoms. The number of carbonyl (C=O) groups is 3. The van der Waals surface area contributed by atoms with E-state index in [4.69, 9.17) is 18.9 Å². The van der Waals surface area contributed by atoms with Gasteiger partial charge in [0, 0.05) is 13.1 Å². The van der Waals surface area contributed by atoms with Crippen LogP contribution in [0, 0.1) is 0 Å². The van der Waals surface area contributed by atoms with E-state index in [2.05, 4.69) is 5.32 Å². The molecule has 0 aromatic heterocycles. The van der Waals surface area contributed by atoms with E-state index in [1.165, 1.54) is 45.4 Å². The van der Waals surface area contributed by atoms with Crippen LogP contribution in [0.25, 0.3) is 0 Å². The third-order valence-corrected chi connectivity index (χ3v) is 3.98. The lowest BCUT2D eigenvalue weighted by Gasteiger charge is -2.17. The van der Waals surface area contributed by atoms with Crippen molar-refractivity contribution in [1.29, 1.82) is 0 Å². The summed E-state index contributed by atoms with van der Waals surface area (Å²) in [6.07, 6.45) is 1.94. The normalized spacial score (nSPS) is 12.7. The number of likely N-dealkylation sites (N-methyl/N-ethyl adjacent to an activating group) is 1. The maximum Gasteiger partial charge on any atom is 0.338 e. The minimum absolute atomic E-state index is 0.0862. The van der Waals surface area contributed by atoms with Crippen molar-refractivity contribution in [2.24, 2.45) is 0 Å². The fourth-order valence-corrected chi connectivity index (χ4v) is 2.32. The number of esters is 1. The van der Waals surface area contributed by atoms with Gasteiger partial charge in [-0.25, -0.2) is 4.79 Å². The molecule has 2 amide bonds. The Morgan fingerprint density at radius 2 is 1.67 bits per heavy atom. The third kappa shape index (κ3) is 5.50. The summed E-state index contributed by atoms with van der Waals surface area (Å²) >= 11 is 0. The highest BCUT2D eigenvalue weighted by atomic mass is 16.5. The van der Waals surface area contributed by atoms with Gasteiger partial charge in [0.2, 0.25) is 11.7 Å². The molecule has 9 heteroatoms. The molecule has 148 valence electrons. The van der Waals surface area contributed by atoms with Gasteiger partial charge in [-0.05, 0) is 25.0 Å². The summed E-state index contributed by atoms with van der Waals surface area (Å²) in [5.74, 6) is -0.508. The van der Waals surface area contributed by atoms with Crippen molar-refractivity contribution < 1.29 is 33.3 Å². The number of benzene rings is 1. The molecule has 1 fully saturated rings. The Balaban J connectivity index is 1.94. The highest BCUT2D eigenvalue weighted by Crippen LogP contribution is 2.38. The summed E-state index contributed by atoms with van der Waals surface area (Å²) in [6, 6.07) is 3.08. The van der Waals surface area contributed by atoms with E-state index in [1.54, 1.807) is 0 Å². The standard InChI is InChI=1S/C18H24N2O7/c1-20(9-15(21)19-12-5-6-12)16(22)10-27-18(23)11-7-13(24-2)17(26-4)14(8-11)25-3/h7-8,12H,5-6,9-10H2,1-4H3,(H,19,21). The molecule has 2 rings (SSSR count). The van der Waals surface area contributed by atoms with E-state index in [0.29, 0.717) is 17.2 Å². The molecule has 1 aliphatic rings. The molecule has 0 bridgehead atoms. The number of methoxy groups -OCH3 is 3. The number of carbonyl (C=O) groups excluding carboxylic acids is 3. The minimum Gasteiger partial charge on any atom is -0.493 e. The Labute approximate surface area is 157 Å². The van der Waals surface area contributed by atoms with Crippen molar-refractivity contribution in [1.82, 2.24) is 10.2 Å². The minimum atomic E-state index is -0.724. The van der Waals surface area contributed by atoms with Crippen LogP contribution in [0.1, 0.15) is 23.2 Å². The second-order valence-electron chi connectivity index (χ2n) is 6.08. The predicted octanol–water partition coefficient (Wildman–Crippen LogP) is 0.606. The van der Waals surface area contributed by atoms with Crippen LogP contribution in [0.15, 0.2) is 12.1 Å². The molecular formula is C18H24N2O7. The number of hydrogen-bond donors (Lipinski definition) is 1. The van der Waals surface area contributed by atoms with Gasteiger partial charge in [0.05, 0.1) is 33.4 Å². The van der Waals surface area contributed by atoms with Crippen molar-refractivity contribution in [2.75, 3.05) is 41.5 Å².